The first-order valence-corrected chi connectivity index (χ1v) is 10.1. The van der Waals surface area contributed by atoms with Crippen LogP contribution in [0.25, 0.3) is 0 Å². The number of methoxy groups -OCH3 is 1. The van der Waals surface area contributed by atoms with Crippen LogP contribution in [0.3, 0.4) is 0 Å². The van der Waals surface area contributed by atoms with Gasteiger partial charge in [0.15, 0.2) is 11.5 Å². The van der Waals surface area contributed by atoms with Crippen LogP contribution in [0.1, 0.15) is 36.4 Å². The number of phenols is 1. The molecule has 0 saturated carbocycles. The lowest BCUT2D eigenvalue weighted by molar-refractivity contribution is 0.215. The van der Waals surface area contributed by atoms with E-state index in [2.05, 4.69) is 38.7 Å². The summed E-state index contributed by atoms with van der Waals surface area (Å²) in [5.41, 5.74) is 2.77. The van der Waals surface area contributed by atoms with Crippen LogP contribution in [-0.4, -0.2) is 36.7 Å². The molecule has 2 aromatic carbocycles. The molecule has 3 N–H and O–H groups in total. The molecule has 2 aliphatic heterocycles. The third-order valence-corrected chi connectivity index (χ3v) is 5.95. The monoisotopic (exact) mass is 429 g/mol. The van der Waals surface area contributed by atoms with Crippen molar-refractivity contribution in [2.75, 3.05) is 20.2 Å². The van der Waals surface area contributed by atoms with Crippen LogP contribution in [0.2, 0.25) is 0 Å². The number of benzene rings is 2. The fourth-order valence-electron chi connectivity index (χ4n) is 4.00. The minimum absolute atomic E-state index is 0.0191. The molecule has 2 aliphatic rings. The Morgan fingerprint density at radius 1 is 1.15 bits per heavy atom. The van der Waals surface area contributed by atoms with Gasteiger partial charge in [-0.05, 0) is 49.7 Å². The molecule has 0 amide bonds. The second-order valence-electron chi connectivity index (χ2n) is 7.15. The number of aromatic hydroxyl groups is 1. The smallest absolute Gasteiger partial charge is 0.162 e. The van der Waals surface area contributed by atoms with Gasteiger partial charge >= 0.3 is 0 Å². The van der Waals surface area contributed by atoms with Gasteiger partial charge in [0.2, 0.25) is 0 Å². The van der Waals surface area contributed by atoms with E-state index in [0.29, 0.717) is 5.75 Å². The van der Waals surface area contributed by atoms with Crippen molar-refractivity contribution < 1.29 is 9.84 Å². The first-order chi connectivity index (χ1) is 13.1. The van der Waals surface area contributed by atoms with E-state index < -0.39 is 0 Å². The molecule has 27 heavy (non-hydrogen) atoms. The van der Waals surface area contributed by atoms with Crippen molar-refractivity contribution in [3.8, 4) is 11.5 Å². The van der Waals surface area contributed by atoms with Crippen LogP contribution in [0, 0.1) is 0 Å². The number of para-hydroxylation sites is 1. The second kappa shape index (κ2) is 7.62. The number of rotatable bonds is 3. The zero-order valence-corrected chi connectivity index (χ0v) is 16.9. The predicted molar refractivity (Wildman–Crippen MR) is 111 cm³/mol. The number of phenolic OH excluding ortho intramolecular Hbond substituents is 1. The first kappa shape index (κ1) is 18.5. The topological polar surface area (TPSA) is 65.9 Å². The van der Waals surface area contributed by atoms with Crippen LogP contribution in [0.15, 0.2) is 51.9 Å². The zero-order valence-electron chi connectivity index (χ0n) is 15.3. The lowest BCUT2D eigenvalue weighted by Gasteiger charge is -2.42. The van der Waals surface area contributed by atoms with Crippen LogP contribution in [0.4, 0.5) is 0 Å². The van der Waals surface area contributed by atoms with Crippen molar-refractivity contribution in [2.45, 2.75) is 31.0 Å². The summed E-state index contributed by atoms with van der Waals surface area (Å²) < 4.78 is 6.37. The molecule has 0 unspecified atom stereocenters. The van der Waals surface area contributed by atoms with E-state index in [9.17, 15) is 5.11 Å². The Labute approximate surface area is 168 Å². The standard InChI is InChI=1S/C21H24BrN3O2/c1-27-19-4-2-3-16(20(19)26)18-13-17(14-5-7-15(22)8-6-14)24-21(25-18)9-11-23-12-10-21/h2-8,18,23,25-26H,9-13H2,1H3/t18-/m0/s1. The summed E-state index contributed by atoms with van der Waals surface area (Å²) in [5, 5.41) is 17.9. The molecule has 142 valence electrons. The van der Waals surface area contributed by atoms with Crippen LogP contribution in [0.5, 0.6) is 11.5 Å². The summed E-state index contributed by atoms with van der Waals surface area (Å²) in [6.45, 7) is 1.86. The molecule has 4 rings (SSSR count). The summed E-state index contributed by atoms with van der Waals surface area (Å²) in [4.78, 5) is 5.16. The summed E-state index contributed by atoms with van der Waals surface area (Å²) in [6.07, 6.45) is 2.57. The molecule has 1 saturated heterocycles. The van der Waals surface area contributed by atoms with Crippen LogP contribution >= 0.6 is 15.9 Å². The Morgan fingerprint density at radius 3 is 2.59 bits per heavy atom. The lowest BCUT2D eigenvalue weighted by Crippen LogP contribution is -2.55. The number of nitrogens with one attached hydrogen (secondary N) is 2. The van der Waals surface area contributed by atoms with Gasteiger partial charge in [-0.1, -0.05) is 40.2 Å². The SMILES string of the molecule is COc1cccc([C@@H]2CC(c3ccc(Br)cc3)=NC3(CCNCC3)N2)c1O. The Hall–Kier alpha value is -1.89. The van der Waals surface area contributed by atoms with E-state index in [1.807, 2.05) is 24.3 Å². The van der Waals surface area contributed by atoms with E-state index >= 15 is 0 Å². The van der Waals surface area contributed by atoms with Crippen molar-refractivity contribution in [1.82, 2.24) is 10.6 Å². The number of piperidine rings is 1. The summed E-state index contributed by atoms with van der Waals surface area (Å²) in [5.74, 6) is 0.708. The maximum Gasteiger partial charge on any atom is 0.162 e. The van der Waals surface area contributed by atoms with Gasteiger partial charge in [-0.3, -0.25) is 10.3 Å². The summed E-state index contributed by atoms with van der Waals surface area (Å²) in [6, 6.07) is 14.0. The molecule has 2 heterocycles. The predicted octanol–water partition coefficient (Wildman–Crippen LogP) is 3.77. The Balaban J connectivity index is 1.74. The molecule has 1 fully saturated rings. The van der Waals surface area contributed by atoms with E-state index in [4.69, 9.17) is 9.73 Å². The molecular formula is C21H24BrN3O2. The first-order valence-electron chi connectivity index (χ1n) is 9.29. The van der Waals surface area contributed by atoms with Gasteiger partial charge in [-0.25, -0.2) is 0 Å². The minimum atomic E-state index is -0.300. The molecule has 1 spiro atoms. The average Bonchev–Trinajstić information content (AvgIpc) is 2.69. The maximum absolute atomic E-state index is 10.7. The molecule has 6 heteroatoms. The highest BCUT2D eigenvalue weighted by molar-refractivity contribution is 9.10. The minimum Gasteiger partial charge on any atom is -0.504 e. The highest BCUT2D eigenvalue weighted by Gasteiger charge is 2.39. The van der Waals surface area contributed by atoms with Gasteiger partial charge in [0.05, 0.1) is 7.11 Å². The normalized spacial score (nSPS) is 21.7. The fraction of sp³-hybridized carbons (Fsp3) is 0.381. The number of hydrogen-bond donors (Lipinski definition) is 3. The molecule has 0 radical (unpaired) electrons. The molecule has 0 aromatic heterocycles. The van der Waals surface area contributed by atoms with E-state index in [1.165, 1.54) is 0 Å². The molecule has 0 bridgehead atoms. The van der Waals surface area contributed by atoms with Crippen LogP contribution in [-0.2, 0) is 0 Å². The average molecular weight is 430 g/mol. The molecule has 0 aliphatic carbocycles. The molecule has 1 atom stereocenters. The van der Waals surface area contributed by atoms with Gasteiger partial charge in [0.1, 0.15) is 5.66 Å². The van der Waals surface area contributed by atoms with Gasteiger partial charge in [0, 0.05) is 28.2 Å². The van der Waals surface area contributed by atoms with Gasteiger partial charge in [0.25, 0.3) is 0 Å². The summed E-state index contributed by atoms with van der Waals surface area (Å²) >= 11 is 3.51. The van der Waals surface area contributed by atoms with Crippen molar-refractivity contribution in [3.05, 3.63) is 58.1 Å². The number of halogens is 1. The lowest BCUT2D eigenvalue weighted by atomic mass is 9.88. The van der Waals surface area contributed by atoms with Gasteiger partial charge < -0.3 is 15.2 Å². The van der Waals surface area contributed by atoms with Crippen molar-refractivity contribution in [3.63, 3.8) is 0 Å². The number of hydrogen-bond acceptors (Lipinski definition) is 5. The van der Waals surface area contributed by atoms with Gasteiger partial charge in [-0.2, -0.15) is 0 Å². The van der Waals surface area contributed by atoms with Crippen LogP contribution < -0.4 is 15.4 Å². The zero-order chi connectivity index (χ0) is 18.9. The molecule has 2 aromatic rings. The van der Waals surface area contributed by atoms with E-state index in [1.54, 1.807) is 13.2 Å². The molecular weight excluding hydrogens is 406 g/mol. The highest BCUT2D eigenvalue weighted by Crippen LogP contribution is 2.39. The van der Waals surface area contributed by atoms with Crippen molar-refractivity contribution >= 4 is 21.6 Å². The third-order valence-electron chi connectivity index (χ3n) is 5.42. The summed E-state index contributed by atoms with van der Waals surface area (Å²) in [7, 11) is 1.58. The quantitative estimate of drug-likeness (QED) is 0.694. The van der Waals surface area contributed by atoms with Crippen molar-refractivity contribution in [1.29, 1.82) is 0 Å². The number of nitrogens with zero attached hydrogens (tertiary/aromatic N) is 1. The highest BCUT2D eigenvalue weighted by atomic mass is 79.9. The van der Waals surface area contributed by atoms with E-state index in [0.717, 1.165) is 53.7 Å². The Morgan fingerprint density at radius 2 is 1.89 bits per heavy atom. The maximum atomic E-state index is 10.7. The third kappa shape index (κ3) is 3.74. The second-order valence-corrected chi connectivity index (χ2v) is 8.06. The largest absolute Gasteiger partial charge is 0.504 e. The van der Waals surface area contributed by atoms with Crippen molar-refractivity contribution in [2.24, 2.45) is 4.99 Å². The molecule has 5 nitrogen and oxygen atoms in total. The fourth-order valence-corrected chi connectivity index (χ4v) is 4.26. The Bertz CT molecular complexity index is 845. The number of ether oxygens (including phenoxy) is 1. The van der Waals surface area contributed by atoms with Gasteiger partial charge in [-0.15, -0.1) is 0 Å². The van der Waals surface area contributed by atoms with E-state index in [-0.39, 0.29) is 17.5 Å². The number of aliphatic imine (C=N–C) groups is 1. The Kier molecular flexibility index (Phi) is 5.21.